The fraction of sp³-hybridized carbons (Fsp3) is 0.375. The molecule has 0 bridgehead atoms. The van der Waals surface area contributed by atoms with Gasteiger partial charge in [-0.3, -0.25) is 14.7 Å². The van der Waals surface area contributed by atoms with E-state index in [0.29, 0.717) is 54.4 Å². The number of fused-ring (bicyclic) bond motifs is 1. The van der Waals surface area contributed by atoms with Gasteiger partial charge < -0.3 is 15.4 Å². The zero-order chi connectivity index (χ0) is 31.1. The Bertz CT molecular complexity index is 1910. The maximum atomic E-state index is 13.6. The number of H-pyrrole nitrogens is 1. The molecule has 1 atom stereocenters. The average Bonchev–Trinajstić information content (AvgIpc) is 3.66. The number of hydrogen-bond donors (Lipinski definition) is 3. The second kappa shape index (κ2) is 12.6. The van der Waals surface area contributed by atoms with Crippen molar-refractivity contribution in [3.63, 3.8) is 0 Å². The standard InChI is InChI=1S/C32H34FN9O3.ClH/c1-19(21-9-10-28(34-16-21)41-18-22(33)17-35-41)36-31(44)32(45-2)13-11-23(12-14-32)42-30(43)25-6-4-3-5-24(25)29(40-42)37-27-15-26(38-39-27)20-7-8-20;/h3-6,9-10,15-20,23H,7-8,11-14H2,1-2H3,(H,36,44)(H2,37,38,39,40);1H/t19-,23?,32?;/m0./s1. The van der Waals surface area contributed by atoms with Crippen LogP contribution < -0.4 is 16.2 Å². The van der Waals surface area contributed by atoms with Crippen molar-refractivity contribution in [3.8, 4) is 5.82 Å². The van der Waals surface area contributed by atoms with E-state index in [4.69, 9.17) is 9.84 Å². The molecule has 1 amide bonds. The molecule has 2 saturated carbocycles. The number of aromatic amines is 1. The van der Waals surface area contributed by atoms with E-state index in [1.807, 2.05) is 43.3 Å². The van der Waals surface area contributed by atoms with Gasteiger partial charge in [-0.1, -0.05) is 24.3 Å². The van der Waals surface area contributed by atoms with E-state index in [1.165, 1.54) is 10.9 Å². The van der Waals surface area contributed by atoms with Crippen LogP contribution in [0.2, 0.25) is 0 Å². The molecule has 240 valence electrons. The van der Waals surface area contributed by atoms with Crippen molar-refractivity contribution in [1.29, 1.82) is 0 Å². The van der Waals surface area contributed by atoms with Crippen molar-refractivity contribution in [2.45, 2.75) is 69.1 Å². The van der Waals surface area contributed by atoms with Gasteiger partial charge in [0.15, 0.2) is 23.3 Å². The zero-order valence-corrected chi connectivity index (χ0v) is 26.3. The molecule has 7 rings (SSSR count). The van der Waals surface area contributed by atoms with Gasteiger partial charge in [-0.2, -0.15) is 15.3 Å². The highest BCUT2D eigenvalue weighted by atomic mass is 35.5. The van der Waals surface area contributed by atoms with Crippen LogP contribution in [0.4, 0.5) is 16.0 Å². The SMILES string of the molecule is COC1(C(=O)N[C@@H](C)c2ccc(-n3cc(F)cn3)nc2)CCC(n2nc(Nc3cc(C4CC4)[nH]n3)c3ccccc3c2=O)CC1.Cl. The molecule has 14 heteroatoms. The number of rotatable bonds is 9. The molecule has 2 aliphatic carbocycles. The third-order valence-electron chi connectivity index (χ3n) is 9.01. The van der Waals surface area contributed by atoms with Crippen LogP contribution in [0.5, 0.6) is 0 Å². The van der Waals surface area contributed by atoms with Crippen LogP contribution in [0, 0.1) is 5.82 Å². The Balaban J connectivity index is 0.00000372. The van der Waals surface area contributed by atoms with Crippen LogP contribution in [0.15, 0.2) is 65.8 Å². The summed E-state index contributed by atoms with van der Waals surface area (Å²) in [4.78, 5) is 31.6. The predicted octanol–water partition coefficient (Wildman–Crippen LogP) is 5.26. The quantitative estimate of drug-likeness (QED) is 0.197. The van der Waals surface area contributed by atoms with Crippen LogP contribution in [0.3, 0.4) is 0 Å². The van der Waals surface area contributed by atoms with Crippen molar-refractivity contribution in [1.82, 2.24) is 40.1 Å². The number of anilines is 2. The first-order valence-electron chi connectivity index (χ1n) is 15.2. The molecular formula is C32H35ClFN9O3. The van der Waals surface area contributed by atoms with Gasteiger partial charge in [-0.25, -0.2) is 18.7 Å². The van der Waals surface area contributed by atoms with Crippen LogP contribution in [-0.2, 0) is 9.53 Å². The van der Waals surface area contributed by atoms with E-state index in [0.717, 1.165) is 35.7 Å². The number of carbonyl (C=O) groups excluding carboxylic acids is 1. The summed E-state index contributed by atoms with van der Waals surface area (Å²) in [6.07, 6.45) is 8.22. The van der Waals surface area contributed by atoms with E-state index >= 15 is 0 Å². The molecule has 3 N–H and O–H groups in total. The molecule has 4 heterocycles. The minimum Gasteiger partial charge on any atom is -0.368 e. The number of amides is 1. The third-order valence-corrected chi connectivity index (χ3v) is 9.01. The zero-order valence-electron chi connectivity index (χ0n) is 25.4. The molecule has 12 nitrogen and oxygen atoms in total. The van der Waals surface area contributed by atoms with E-state index in [1.54, 1.807) is 24.1 Å². The summed E-state index contributed by atoms with van der Waals surface area (Å²) in [5.74, 6) is 1.55. The fourth-order valence-electron chi connectivity index (χ4n) is 6.14. The lowest BCUT2D eigenvalue weighted by molar-refractivity contribution is -0.149. The van der Waals surface area contributed by atoms with Crippen molar-refractivity contribution in [3.05, 3.63) is 88.5 Å². The summed E-state index contributed by atoms with van der Waals surface area (Å²) in [5, 5.41) is 23.9. The summed E-state index contributed by atoms with van der Waals surface area (Å²) < 4.78 is 22.1. The molecule has 0 spiro atoms. The van der Waals surface area contributed by atoms with Gasteiger partial charge in [0.1, 0.15) is 5.60 Å². The lowest BCUT2D eigenvalue weighted by atomic mass is 9.81. The molecular weight excluding hydrogens is 613 g/mol. The first-order chi connectivity index (χ1) is 21.8. The van der Waals surface area contributed by atoms with Crippen molar-refractivity contribution in [2.24, 2.45) is 0 Å². The van der Waals surface area contributed by atoms with Crippen LogP contribution >= 0.6 is 12.4 Å². The number of benzene rings is 1. The monoisotopic (exact) mass is 647 g/mol. The first-order valence-corrected chi connectivity index (χ1v) is 15.2. The molecule has 46 heavy (non-hydrogen) atoms. The van der Waals surface area contributed by atoms with Crippen molar-refractivity contribution < 1.29 is 13.9 Å². The number of nitrogens with zero attached hydrogens (tertiary/aromatic N) is 6. The van der Waals surface area contributed by atoms with E-state index in [-0.39, 0.29) is 36.0 Å². The van der Waals surface area contributed by atoms with Crippen molar-refractivity contribution in [2.75, 3.05) is 12.4 Å². The van der Waals surface area contributed by atoms with E-state index < -0.39 is 11.4 Å². The molecule has 5 aromatic rings. The molecule has 1 aromatic carbocycles. The molecule has 0 saturated heterocycles. The van der Waals surface area contributed by atoms with Gasteiger partial charge in [-0.05, 0) is 63.1 Å². The number of ether oxygens (including phenoxy) is 1. The van der Waals surface area contributed by atoms with Gasteiger partial charge in [-0.15, -0.1) is 12.4 Å². The van der Waals surface area contributed by atoms with Gasteiger partial charge >= 0.3 is 0 Å². The number of methoxy groups -OCH3 is 1. The summed E-state index contributed by atoms with van der Waals surface area (Å²) in [7, 11) is 1.55. The van der Waals surface area contributed by atoms with Crippen molar-refractivity contribution >= 4 is 40.7 Å². The van der Waals surface area contributed by atoms with E-state index in [2.05, 4.69) is 30.9 Å². The lowest BCUT2D eigenvalue weighted by Gasteiger charge is -2.38. The van der Waals surface area contributed by atoms with Crippen LogP contribution in [0.1, 0.15) is 74.7 Å². The highest BCUT2D eigenvalue weighted by Gasteiger charge is 2.43. The lowest BCUT2D eigenvalue weighted by Crippen LogP contribution is -2.51. The molecule has 0 aliphatic heterocycles. The predicted molar refractivity (Wildman–Crippen MR) is 172 cm³/mol. The average molecular weight is 648 g/mol. The topological polar surface area (TPSA) is 145 Å². The largest absolute Gasteiger partial charge is 0.368 e. The summed E-state index contributed by atoms with van der Waals surface area (Å²) in [6.45, 7) is 1.87. The second-order valence-corrected chi connectivity index (χ2v) is 11.9. The molecule has 0 unspecified atom stereocenters. The molecule has 2 fully saturated rings. The Morgan fingerprint density at radius 1 is 1.11 bits per heavy atom. The normalized spacial score (nSPS) is 20.2. The maximum absolute atomic E-state index is 13.6. The minimum absolute atomic E-state index is 0. The Morgan fingerprint density at radius 3 is 2.52 bits per heavy atom. The second-order valence-electron chi connectivity index (χ2n) is 11.9. The summed E-state index contributed by atoms with van der Waals surface area (Å²) in [5.41, 5.74) is 0.678. The number of aromatic nitrogens is 7. The Labute approximate surface area is 270 Å². The third kappa shape index (κ3) is 5.99. The Hall–Kier alpha value is -4.62. The summed E-state index contributed by atoms with van der Waals surface area (Å²) in [6, 6.07) is 12.4. The maximum Gasteiger partial charge on any atom is 0.275 e. The molecule has 0 radical (unpaired) electrons. The number of carbonyl (C=O) groups is 1. The Morgan fingerprint density at radius 2 is 1.87 bits per heavy atom. The smallest absolute Gasteiger partial charge is 0.275 e. The van der Waals surface area contributed by atoms with Gasteiger partial charge in [0, 0.05) is 36.4 Å². The molecule has 2 aliphatic rings. The number of halogens is 2. The number of nitrogens with one attached hydrogen (secondary N) is 3. The fourth-order valence-corrected chi connectivity index (χ4v) is 6.14. The highest BCUT2D eigenvalue weighted by Crippen LogP contribution is 2.40. The highest BCUT2D eigenvalue weighted by molar-refractivity contribution is 5.92. The van der Waals surface area contributed by atoms with Crippen LogP contribution in [0.25, 0.3) is 16.6 Å². The number of pyridine rings is 1. The van der Waals surface area contributed by atoms with Gasteiger partial charge in [0.05, 0.1) is 29.9 Å². The Kier molecular flexibility index (Phi) is 8.62. The minimum atomic E-state index is -1.04. The van der Waals surface area contributed by atoms with Crippen LogP contribution in [-0.4, -0.2) is 53.4 Å². The number of hydrogen-bond acceptors (Lipinski definition) is 8. The van der Waals surface area contributed by atoms with Gasteiger partial charge in [0.25, 0.3) is 11.5 Å². The summed E-state index contributed by atoms with van der Waals surface area (Å²) >= 11 is 0. The molecule has 4 aromatic heterocycles. The van der Waals surface area contributed by atoms with E-state index in [9.17, 15) is 14.0 Å². The van der Waals surface area contributed by atoms with Gasteiger partial charge in [0.2, 0.25) is 0 Å². The first kappa shape index (κ1) is 31.4.